The van der Waals surface area contributed by atoms with Gasteiger partial charge in [-0.2, -0.15) is 0 Å². The lowest BCUT2D eigenvalue weighted by atomic mass is 9.99. The van der Waals surface area contributed by atoms with Gasteiger partial charge in [0, 0.05) is 12.8 Å². The molecule has 0 saturated carbocycles. The highest BCUT2D eigenvalue weighted by atomic mass is 16.7. The van der Waals surface area contributed by atoms with Crippen molar-refractivity contribution >= 4 is 36.1 Å². The molecule has 0 aliphatic rings. The lowest BCUT2D eigenvalue weighted by molar-refractivity contribution is -0.193. The number of carbonyl (C=O) groups is 6. The summed E-state index contributed by atoms with van der Waals surface area (Å²) in [6.45, 7) is 6.68. The van der Waals surface area contributed by atoms with E-state index in [-0.39, 0.29) is 51.4 Å². The first-order valence-corrected chi connectivity index (χ1v) is 16.7. The van der Waals surface area contributed by atoms with Crippen molar-refractivity contribution < 1.29 is 57.6 Å². The van der Waals surface area contributed by atoms with Gasteiger partial charge in [-0.25, -0.2) is 19.2 Å². The lowest BCUT2D eigenvalue weighted by Crippen LogP contribution is -2.47. The maximum Gasteiger partial charge on any atom is 0.408 e. The number of hydrogen-bond acceptors (Lipinski definition) is 11. The highest BCUT2D eigenvalue weighted by Crippen LogP contribution is 2.16. The molecule has 14 nitrogen and oxygen atoms in total. The third kappa shape index (κ3) is 15.8. The Morgan fingerprint density at radius 2 is 1.14 bits per heavy atom. The minimum Gasteiger partial charge on any atom is -0.481 e. The molecular weight excluding hydrogens is 652 g/mol. The Morgan fingerprint density at radius 1 is 0.660 bits per heavy atom. The van der Waals surface area contributed by atoms with Crippen LogP contribution in [0.5, 0.6) is 0 Å². The number of nitrogens with one attached hydrogen (secondary N) is 2. The number of aliphatic carboxylic acids is 1. The summed E-state index contributed by atoms with van der Waals surface area (Å²) in [4.78, 5) is 74.9. The largest absolute Gasteiger partial charge is 0.481 e. The quantitative estimate of drug-likeness (QED) is 0.0869. The van der Waals surface area contributed by atoms with Gasteiger partial charge in [0.05, 0.1) is 13.0 Å². The van der Waals surface area contributed by atoms with E-state index in [0.717, 1.165) is 11.1 Å². The molecule has 50 heavy (non-hydrogen) atoms. The van der Waals surface area contributed by atoms with Crippen molar-refractivity contribution in [1.29, 1.82) is 0 Å². The molecular formula is C36H48N2O12. The van der Waals surface area contributed by atoms with Crippen molar-refractivity contribution in [2.24, 2.45) is 11.8 Å². The number of carboxylic acid groups (broad SMARTS) is 1. The Labute approximate surface area is 292 Å². The van der Waals surface area contributed by atoms with E-state index in [2.05, 4.69) is 10.6 Å². The monoisotopic (exact) mass is 700 g/mol. The average molecular weight is 701 g/mol. The Bertz CT molecular complexity index is 1370. The zero-order chi connectivity index (χ0) is 36.9. The summed E-state index contributed by atoms with van der Waals surface area (Å²) in [6.07, 6.45) is -3.10. The van der Waals surface area contributed by atoms with Crippen LogP contribution in [0.2, 0.25) is 0 Å². The molecule has 0 bridgehead atoms. The third-order valence-corrected chi connectivity index (χ3v) is 7.79. The molecule has 0 aliphatic heterocycles. The first kappa shape index (κ1) is 41.0. The number of ether oxygens (including phenoxy) is 5. The number of carbonyl (C=O) groups excluding carboxylic acids is 5. The number of rotatable bonds is 21. The Balaban J connectivity index is 2.06. The summed E-state index contributed by atoms with van der Waals surface area (Å²) < 4.78 is 26.7. The second kappa shape index (κ2) is 22.5. The van der Waals surface area contributed by atoms with Crippen LogP contribution in [0.1, 0.15) is 77.3 Å². The molecule has 0 spiro atoms. The predicted molar refractivity (Wildman–Crippen MR) is 179 cm³/mol. The van der Waals surface area contributed by atoms with E-state index in [1.54, 1.807) is 69.3 Å². The van der Waals surface area contributed by atoms with Crippen LogP contribution in [-0.2, 0) is 56.1 Å². The summed E-state index contributed by atoms with van der Waals surface area (Å²) >= 11 is 0. The topological polar surface area (TPSA) is 193 Å². The van der Waals surface area contributed by atoms with Gasteiger partial charge in [-0.3, -0.25) is 9.59 Å². The van der Waals surface area contributed by atoms with Gasteiger partial charge < -0.3 is 39.4 Å². The smallest absolute Gasteiger partial charge is 0.408 e. The fourth-order valence-corrected chi connectivity index (χ4v) is 4.40. The highest BCUT2D eigenvalue weighted by molar-refractivity contribution is 5.82. The van der Waals surface area contributed by atoms with Crippen molar-refractivity contribution in [3.63, 3.8) is 0 Å². The van der Waals surface area contributed by atoms with Gasteiger partial charge >= 0.3 is 36.1 Å². The minimum atomic E-state index is -1.55. The van der Waals surface area contributed by atoms with Crippen molar-refractivity contribution in [3.8, 4) is 0 Å². The van der Waals surface area contributed by atoms with Crippen LogP contribution < -0.4 is 10.6 Å². The average Bonchev–Trinajstić information content (AvgIpc) is 3.10. The molecule has 0 aromatic heterocycles. The Morgan fingerprint density at radius 3 is 1.60 bits per heavy atom. The van der Waals surface area contributed by atoms with E-state index in [1.165, 1.54) is 0 Å². The third-order valence-electron chi connectivity index (χ3n) is 7.79. The second-order valence-electron chi connectivity index (χ2n) is 11.7. The zero-order valence-corrected chi connectivity index (χ0v) is 29.0. The lowest BCUT2D eigenvalue weighted by Gasteiger charge is -2.26. The molecule has 2 amide bonds. The number of esters is 3. The highest BCUT2D eigenvalue weighted by Gasteiger charge is 2.32. The molecule has 3 N–H and O–H groups in total. The van der Waals surface area contributed by atoms with Crippen molar-refractivity contribution in [2.75, 3.05) is 6.61 Å². The minimum absolute atomic E-state index is 0.00290. The number of alkyl carbamates (subject to hydrolysis) is 2. The number of benzene rings is 2. The van der Waals surface area contributed by atoms with E-state index in [1.807, 2.05) is 19.1 Å². The van der Waals surface area contributed by atoms with Gasteiger partial charge in [-0.05, 0) is 29.4 Å². The molecule has 274 valence electrons. The van der Waals surface area contributed by atoms with E-state index in [4.69, 9.17) is 28.8 Å². The van der Waals surface area contributed by atoms with Crippen molar-refractivity contribution in [1.82, 2.24) is 10.6 Å². The molecule has 1 unspecified atom stereocenters. The van der Waals surface area contributed by atoms with E-state index >= 15 is 0 Å². The predicted octanol–water partition coefficient (Wildman–Crippen LogP) is 5.27. The van der Waals surface area contributed by atoms with Crippen LogP contribution in [0.3, 0.4) is 0 Å². The van der Waals surface area contributed by atoms with Gasteiger partial charge in [0.2, 0.25) is 0 Å². The number of hydrogen-bond donors (Lipinski definition) is 3. The summed E-state index contributed by atoms with van der Waals surface area (Å²) in [7, 11) is 0. The first-order valence-electron chi connectivity index (χ1n) is 16.7. The molecule has 2 aromatic rings. The molecule has 2 rings (SSSR count). The Kier molecular flexibility index (Phi) is 18.5. The van der Waals surface area contributed by atoms with Crippen LogP contribution >= 0.6 is 0 Å². The molecule has 2 aromatic carbocycles. The second-order valence-corrected chi connectivity index (χ2v) is 11.7. The molecule has 0 radical (unpaired) electrons. The van der Waals surface area contributed by atoms with Crippen molar-refractivity contribution in [2.45, 2.75) is 97.8 Å². The fourth-order valence-electron chi connectivity index (χ4n) is 4.40. The van der Waals surface area contributed by atoms with Crippen LogP contribution in [0.4, 0.5) is 9.59 Å². The standard InChI is InChI=1S/C36H48N2O12/c1-5-24(3)31(37-35(44)47-22-26-14-9-7-10-15-26)33(42)46-21-20-30(49-29(41)19-13-18-28(39)40)50-34(43)32(25(4)6-2)38-36(45)48-23-27-16-11-8-12-17-27/h7-12,14-17,24-25,30-32H,5-6,13,18-23H2,1-4H3,(H,37,44)(H,38,45)(H,39,40)/t24-,25-,30?,31-,32-/m0/s1. The van der Waals surface area contributed by atoms with Gasteiger partial charge in [0.25, 0.3) is 6.29 Å². The maximum absolute atomic E-state index is 13.3. The summed E-state index contributed by atoms with van der Waals surface area (Å²) in [5.41, 5.74) is 1.50. The first-order chi connectivity index (χ1) is 23.9. The van der Waals surface area contributed by atoms with Gasteiger partial charge in [-0.15, -0.1) is 0 Å². The summed E-state index contributed by atoms with van der Waals surface area (Å²) in [5, 5.41) is 13.9. The van der Waals surface area contributed by atoms with E-state index in [0.29, 0.717) is 12.8 Å². The zero-order valence-electron chi connectivity index (χ0n) is 29.0. The van der Waals surface area contributed by atoms with Crippen LogP contribution in [-0.4, -0.2) is 66.2 Å². The molecule has 14 heteroatoms. The number of carboxylic acids is 1. The Hall–Kier alpha value is -5.14. The molecule has 0 heterocycles. The molecule has 0 saturated heterocycles. The van der Waals surface area contributed by atoms with Crippen LogP contribution in [0.15, 0.2) is 60.7 Å². The fraction of sp³-hybridized carbons (Fsp3) is 0.500. The maximum atomic E-state index is 13.3. The van der Waals surface area contributed by atoms with Crippen LogP contribution in [0.25, 0.3) is 0 Å². The van der Waals surface area contributed by atoms with Gasteiger partial charge in [0.1, 0.15) is 25.3 Å². The van der Waals surface area contributed by atoms with E-state index < -0.39 is 60.4 Å². The molecule has 0 fully saturated rings. The normalized spacial score (nSPS) is 13.7. The van der Waals surface area contributed by atoms with Gasteiger partial charge in [0.15, 0.2) is 0 Å². The van der Waals surface area contributed by atoms with E-state index in [9.17, 15) is 28.8 Å². The summed E-state index contributed by atoms with van der Waals surface area (Å²) in [5.74, 6) is -4.40. The van der Waals surface area contributed by atoms with Crippen LogP contribution in [0, 0.1) is 11.8 Å². The van der Waals surface area contributed by atoms with Gasteiger partial charge in [-0.1, -0.05) is 101 Å². The summed E-state index contributed by atoms with van der Waals surface area (Å²) in [6, 6.07) is 15.7. The van der Waals surface area contributed by atoms with Crippen molar-refractivity contribution in [3.05, 3.63) is 71.8 Å². The molecule has 0 aliphatic carbocycles. The molecule has 5 atom stereocenters. The SMILES string of the molecule is CC[C@H](C)[C@H](NC(=O)OCc1ccccc1)C(=O)OCCC(OC(=O)CCCC(=O)O)OC(=O)[C@@H](NC(=O)OCc1ccccc1)[C@@H](C)CC. The number of amides is 2.